The van der Waals surface area contributed by atoms with Gasteiger partial charge in [-0.3, -0.25) is 9.09 Å². The van der Waals surface area contributed by atoms with E-state index in [-0.39, 0.29) is 22.8 Å². The van der Waals surface area contributed by atoms with Crippen LogP contribution in [0.5, 0.6) is 0 Å². The molecule has 13 nitrogen and oxygen atoms in total. The molecule has 0 spiro atoms. The highest BCUT2D eigenvalue weighted by Crippen LogP contribution is 2.38. The first-order chi connectivity index (χ1) is 14.7. The molecule has 166 valence electrons. The van der Waals surface area contributed by atoms with Crippen molar-refractivity contribution in [1.29, 1.82) is 5.26 Å². The zero-order chi connectivity index (χ0) is 22.6. The minimum absolute atomic E-state index is 0.0620. The summed E-state index contributed by atoms with van der Waals surface area (Å²) in [6, 6.07) is 2.06. The number of anilines is 1. The second-order valence-corrected chi connectivity index (χ2v) is 8.00. The van der Waals surface area contributed by atoms with Crippen molar-refractivity contribution in [2.45, 2.75) is 50.2 Å². The van der Waals surface area contributed by atoms with Gasteiger partial charge in [0.05, 0.1) is 19.0 Å². The Morgan fingerprint density at radius 2 is 2.00 bits per heavy atom. The van der Waals surface area contributed by atoms with E-state index in [1.54, 1.807) is 0 Å². The number of aliphatic hydroxyl groups is 2. The molecule has 0 bridgehead atoms. The number of phosphoric ester groups is 1. The van der Waals surface area contributed by atoms with Gasteiger partial charge in [-0.1, -0.05) is 5.92 Å². The summed E-state index contributed by atoms with van der Waals surface area (Å²) in [6.45, 7) is -0.634. The predicted octanol–water partition coefficient (Wildman–Crippen LogP) is -0.428. The molecule has 0 aliphatic carbocycles. The molecule has 0 amide bonds. The van der Waals surface area contributed by atoms with E-state index in [9.17, 15) is 14.8 Å². The summed E-state index contributed by atoms with van der Waals surface area (Å²) in [7, 11) is -4.78. The Hall–Kier alpha value is -2.61. The van der Waals surface area contributed by atoms with Gasteiger partial charge in [-0.25, -0.2) is 19.5 Å². The van der Waals surface area contributed by atoms with Gasteiger partial charge in [-0.15, -0.1) is 0 Å². The number of unbranched alkanes of at least 4 members (excludes halogenated alkanes) is 3. The molecular weight excluding hydrogens is 431 g/mol. The maximum absolute atomic E-state index is 10.9. The summed E-state index contributed by atoms with van der Waals surface area (Å²) in [5.41, 5.74) is 6.37. The number of nitrogens with two attached hydrogens (primary N) is 1. The highest BCUT2D eigenvalue weighted by Gasteiger charge is 2.45. The molecule has 0 aromatic carbocycles. The van der Waals surface area contributed by atoms with Gasteiger partial charge in [0.25, 0.3) is 0 Å². The van der Waals surface area contributed by atoms with Gasteiger partial charge in [-0.2, -0.15) is 5.26 Å². The largest absolute Gasteiger partial charge is 0.469 e. The number of aromatic nitrogens is 4. The summed E-state index contributed by atoms with van der Waals surface area (Å²) >= 11 is 0. The molecule has 6 N–H and O–H groups in total. The van der Waals surface area contributed by atoms with Crippen LogP contribution in [-0.4, -0.2) is 64.4 Å². The van der Waals surface area contributed by atoms with Gasteiger partial charge >= 0.3 is 7.82 Å². The molecule has 14 heteroatoms. The monoisotopic (exact) mass is 452 g/mol. The summed E-state index contributed by atoms with van der Waals surface area (Å²) in [5.74, 6) is 5.89. The molecule has 2 aromatic rings. The number of nitrogen functional groups attached to an aromatic ring is 1. The Bertz CT molecular complexity index is 1080. The summed E-state index contributed by atoms with van der Waals surface area (Å²) < 4.78 is 22.1. The highest BCUT2D eigenvalue weighted by molar-refractivity contribution is 7.46. The van der Waals surface area contributed by atoms with Crippen LogP contribution in [0.1, 0.15) is 37.7 Å². The van der Waals surface area contributed by atoms with E-state index in [1.165, 1.54) is 10.9 Å². The van der Waals surface area contributed by atoms with Crippen LogP contribution in [0.2, 0.25) is 0 Å². The lowest BCUT2D eigenvalue weighted by Crippen LogP contribution is -2.33. The average Bonchev–Trinajstić information content (AvgIpc) is 3.24. The standard InChI is InChI=1S/C17H21N6O7P/c18-7-5-3-1-2-4-6-11-21-15(19)12-16(22-11)23(9-20-12)17-14(25)13(24)10(30-17)8-29-31(26,27)28/h9-10,13-14,17,24-25H,1-3,5,8H2,(H2,19,21,22)(H2,26,27,28). The third-order valence-corrected chi connectivity index (χ3v) is 4.99. The third-order valence-electron chi connectivity index (χ3n) is 4.51. The lowest BCUT2D eigenvalue weighted by Gasteiger charge is -2.16. The van der Waals surface area contributed by atoms with E-state index in [2.05, 4.69) is 37.4 Å². The number of ether oxygens (including phenoxy) is 1. The zero-order valence-electron chi connectivity index (χ0n) is 16.2. The number of phosphoric acid groups is 1. The zero-order valence-corrected chi connectivity index (χ0v) is 17.1. The number of hydrogen-bond donors (Lipinski definition) is 5. The van der Waals surface area contributed by atoms with Gasteiger partial charge in [0.1, 0.15) is 23.8 Å². The molecular formula is C17H21N6O7P. The maximum atomic E-state index is 10.9. The van der Waals surface area contributed by atoms with Crippen LogP contribution < -0.4 is 5.73 Å². The molecule has 4 atom stereocenters. The van der Waals surface area contributed by atoms with E-state index in [1.807, 2.05) is 0 Å². The van der Waals surface area contributed by atoms with E-state index < -0.39 is 39.0 Å². The van der Waals surface area contributed by atoms with E-state index in [0.29, 0.717) is 12.8 Å². The first kappa shape index (κ1) is 23.1. The molecule has 0 radical (unpaired) electrons. The highest BCUT2D eigenvalue weighted by atomic mass is 31.2. The Kier molecular flexibility index (Phi) is 7.20. The van der Waals surface area contributed by atoms with Gasteiger partial charge in [0.15, 0.2) is 17.7 Å². The Balaban J connectivity index is 1.81. The Morgan fingerprint density at radius 1 is 1.26 bits per heavy atom. The molecule has 4 unspecified atom stereocenters. The molecule has 1 fully saturated rings. The fourth-order valence-electron chi connectivity index (χ4n) is 3.01. The lowest BCUT2D eigenvalue weighted by molar-refractivity contribution is -0.0504. The van der Waals surface area contributed by atoms with Crippen molar-refractivity contribution >= 4 is 24.8 Å². The molecule has 3 heterocycles. The molecule has 0 saturated carbocycles. The van der Waals surface area contributed by atoms with Gasteiger partial charge in [0.2, 0.25) is 5.82 Å². The second kappa shape index (κ2) is 9.68. The van der Waals surface area contributed by atoms with E-state index >= 15 is 0 Å². The van der Waals surface area contributed by atoms with Crippen LogP contribution in [0.3, 0.4) is 0 Å². The number of fused-ring (bicyclic) bond motifs is 1. The number of nitrogens with zero attached hydrogens (tertiary/aromatic N) is 5. The molecule has 1 saturated heterocycles. The number of hydrogen-bond acceptors (Lipinski definition) is 10. The minimum Gasteiger partial charge on any atom is -0.387 e. The van der Waals surface area contributed by atoms with Gasteiger partial charge in [0, 0.05) is 12.8 Å². The van der Waals surface area contributed by atoms with Crippen LogP contribution in [0.15, 0.2) is 6.33 Å². The van der Waals surface area contributed by atoms with Crippen molar-refractivity contribution < 1.29 is 33.8 Å². The SMILES string of the molecule is N#CCCCCC#Cc1nc(N)c2ncn(C3OC(COP(=O)(O)O)C(O)C3O)c2n1. The van der Waals surface area contributed by atoms with Crippen molar-refractivity contribution in [1.82, 2.24) is 19.5 Å². The van der Waals surface area contributed by atoms with Crippen molar-refractivity contribution in [3.8, 4) is 17.9 Å². The van der Waals surface area contributed by atoms with Crippen LogP contribution >= 0.6 is 7.82 Å². The van der Waals surface area contributed by atoms with Crippen molar-refractivity contribution in [2.24, 2.45) is 0 Å². The molecule has 31 heavy (non-hydrogen) atoms. The number of aliphatic hydroxyl groups excluding tert-OH is 2. The first-order valence-electron chi connectivity index (χ1n) is 9.29. The molecule has 1 aliphatic rings. The fourth-order valence-corrected chi connectivity index (χ4v) is 3.35. The van der Waals surface area contributed by atoms with Gasteiger partial charge < -0.3 is 30.5 Å². The normalized spacial score (nSPS) is 23.5. The van der Waals surface area contributed by atoms with Crippen molar-refractivity contribution in [3.63, 3.8) is 0 Å². The van der Waals surface area contributed by atoms with Gasteiger partial charge in [-0.05, 0) is 18.8 Å². The second-order valence-electron chi connectivity index (χ2n) is 6.76. The van der Waals surface area contributed by atoms with Crippen LogP contribution in [0.25, 0.3) is 11.2 Å². The van der Waals surface area contributed by atoms with Crippen LogP contribution in [0.4, 0.5) is 5.82 Å². The molecule has 1 aliphatic heterocycles. The topological polar surface area (TPSA) is 210 Å². The predicted molar refractivity (Wildman–Crippen MR) is 105 cm³/mol. The Labute approximate surface area is 176 Å². The van der Waals surface area contributed by atoms with E-state index in [4.69, 9.17) is 25.5 Å². The smallest absolute Gasteiger partial charge is 0.387 e. The maximum Gasteiger partial charge on any atom is 0.469 e. The summed E-state index contributed by atoms with van der Waals surface area (Å²) in [6.07, 6.45) is -1.47. The number of imidazole rings is 1. The van der Waals surface area contributed by atoms with Crippen molar-refractivity contribution in [2.75, 3.05) is 12.3 Å². The minimum atomic E-state index is -4.78. The van der Waals surface area contributed by atoms with E-state index in [0.717, 1.165) is 12.8 Å². The quantitative estimate of drug-likeness (QED) is 0.206. The average molecular weight is 452 g/mol. The first-order valence-corrected chi connectivity index (χ1v) is 10.8. The number of nitriles is 1. The third kappa shape index (κ3) is 5.55. The number of rotatable bonds is 7. The summed E-state index contributed by atoms with van der Waals surface area (Å²) in [4.78, 5) is 30.2. The molecule has 2 aromatic heterocycles. The Morgan fingerprint density at radius 3 is 2.71 bits per heavy atom. The fraction of sp³-hybridized carbons (Fsp3) is 0.529. The van der Waals surface area contributed by atoms with Crippen LogP contribution in [0, 0.1) is 23.2 Å². The van der Waals surface area contributed by atoms with Crippen LogP contribution in [-0.2, 0) is 13.8 Å². The molecule has 3 rings (SSSR count). The lowest BCUT2D eigenvalue weighted by atomic mass is 10.1. The van der Waals surface area contributed by atoms with Crippen molar-refractivity contribution in [3.05, 3.63) is 12.2 Å². The summed E-state index contributed by atoms with van der Waals surface area (Å²) in [5, 5.41) is 29.1.